The minimum Gasteiger partial charge on any atom is -0.379 e. The van der Waals surface area contributed by atoms with Crippen LogP contribution in [0.25, 0.3) is 0 Å². The van der Waals surface area contributed by atoms with Crippen LogP contribution in [0, 0.1) is 11.2 Å². The van der Waals surface area contributed by atoms with E-state index in [9.17, 15) is 4.39 Å². The molecule has 0 saturated carbocycles. The van der Waals surface area contributed by atoms with Crippen molar-refractivity contribution in [3.05, 3.63) is 48.3 Å². The molecule has 1 atom stereocenters. The zero-order chi connectivity index (χ0) is 18.0. The third-order valence-corrected chi connectivity index (χ3v) is 5.64. The topological polar surface area (TPSA) is 33.5 Å². The van der Waals surface area contributed by atoms with Gasteiger partial charge in [-0.15, -0.1) is 0 Å². The highest BCUT2D eigenvalue weighted by Crippen LogP contribution is 2.35. The highest BCUT2D eigenvalue weighted by molar-refractivity contribution is 5.47. The van der Waals surface area contributed by atoms with Crippen molar-refractivity contribution in [2.45, 2.75) is 19.4 Å². The SMILES string of the molecule is Cn1ccnc1CN1CCC[C@@]2(COCCN(c3cccc(F)c3)C2)C1. The van der Waals surface area contributed by atoms with E-state index >= 15 is 0 Å². The number of likely N-dealkylation sites (tertiary alicyclic amines) is 1. The second-order valence-electron chi connectivity index (χ2n) is 7.72. The molecule has 0 aliphatic carbocycles. The number of hydrogen-bond acceptors (Lipinski definition) is 4. The molecule has 2 aliphatic rings. The van der Waals surface area contributed by atoms with Crippen molar-refractivity contribution in [3.8, 4) is 0 Å². The molecule has 4 rings (SSSR count). The molecular weight excluding hydrogens is 331 g/mol. The van der Waals surface area contributed by atoms with Crippen LogP contribution in [0.1, 0.15) is 18.7 Å². The standard InChI is InChI=1S/C20H27FN4O/c1-23-9-7-22-19(23)13-24-8-3-6-20(14-24)15-25(10-11-26-16-20)18-5-2-4-17(21)12-18/h2,4-5,7,9,12H,3,6,8,10-11,13-16H2,1H3/t20-/m1/s1. The molecular formula is C20H27FN4O. The molecule has 0 radical (unpaired) electrons. The van der Waals surface area contributed by atoms with Gasteiger partial charge in [0.25, 0.3) is 0 Å². The van der Waals surface area contributed by atoms with E-state index in [0.717, 1.165) is 63.7 Å². The molecule has 2 aliphatic heterocycles. The third-order valence-electron chi connectivity index (χ3n) is 5.64. The summed E-state index contributed by atoms with van der Waals surface area (Å²) >= 11 is 0. The van der Waals surface area contributed by atoms with E-state index in [4.69, 9.17) is 4.74 Å². The number of aromatic nitrogens is 2. The first-order valence-electron chi connectivity index (χ1n) is 9.40. The first kappa shape index (κ1) is 17.5. The predicted molar refractivity (Wildman–Crippen MR) is 99.6 cm³/mol. The number of ether oxygens (including phenoxy) is 1. The van der Waals surface area contributed by atoms with Crippen molar-refractivity contribution in [1.82, 2.24) is 14.5 Å². The number of anilines is 1. The van der Waals surface area contributed by atoms with E-state index in [0.29, 0.717) is 6.61 Å². The lowest BCUT2D eigenvalue weighted by atomic mass is 9.80. The Kier molecular flexibility index (Phi) is 4.96. The molecule has 140 valence electrons. The van der Waals surface area contributed by atoms with Gasteiger partial charge in [-0.05, 0) is 37.6 Å². The van der Waals surface area contributed by atoms with E-state index in [2.05, 4.69) is 19.4 Å². The predicted octanol–water partition coefficient (Wildman–Crippen LogP) is 2.68. The number of benzene rings is 1. The van der Waals surface area contributed by atoms with Crippen LogP contribution in [0.15, 0.2) is 36.7 Å². The van der Waals surface area contributed by atoms with Gasteiger partial charge in [-0.1, -0.05) is 6.07 Å². The normalized spacial score (nSPS) is 24.8. The number of aryl methyl sites for hydroxylation is 1. The van der Waals surface area contributed by atoms with Crippen LogP contribution < -0.4 is 4.90 Å². The van der Waals surface area contributed by atoms with Crippen LogP contribution in [0.5, 0.6) is 0 Å². The molecule has 26 heavy (non-hydrogen) atoms. The highest BCUT2D eigenvalue weighted by Gasteiger charge is 2.39. The lowest BCUT2D eigenvalue weighted by Gasteiger charge is -2.44. The van der Waals surface area contributed by atoms with Gasteiger partial charge in [-0.2, -0.15) is 0 Å². The van der Waals surface area contributed by atoms with E-state index in [1.165, 1.54) is 6.07 Å². The summed E-state index contributed by atoms with van der Waals surface area (Å²) in [5.41, 5.74) is 1.04. The van der Waals surface area contributed by atoms with Crippen LogP contribution >= 0.6 is 0 Å². The largest absolute Gasteiger partial charge is 0.379 e. The number of hydrogen-bond donors (Lipinski definition) is 0. The maximum Gasteiger partial charge on any atom is 0.125 e. The van der Waals surface area contributed by atoms with Crippen molar-refractivity contribution < 1.29 is 9.13 Å². The molecule has 0 bridgehead atoms. The summed E-state index contributed by atoms with van der Waals surface area (Å²) < 4.78 is 21.8. The summed E-state index contributed by atoms with van der Waals surface area (Å²) in [6.07, 6.45) is 6.16. The highest BCUT2D eigenvalue weighted by atomic mass is 19.1. The maximum absolute atomic E-state index is 13.7. The first-order chi connectivity index (χ1) is 12.6. The lowest BCUT2D eigenvalue weighted by Crippen LogP contribution is -2.50. The monoisotopic (exact) mass is 358 g/mol. The van der Waals surface area contributed by atoms with Gasteiger partial charge in [0.15, 0.2) is 0 Å². The third kappa shape index (κ3) is 3.76. The van der Waals surface area contributed by atoms with Gasteiger partial charge in [0, 0.05) is 50.2 Å². The Labute approximate surface area is 154 Å². The maximum atomic E-state index is 13.7. The molecule has 3 heterocycles. The van der Waals surface area contributed by atoms with Gasteiger partial charge in [-0.3, -0.25) is 4.90 Å². The van der Waals surface area contributed by atoms with Gasteiger partial charge >= 0.3 is 0 Å². The summed E-state index contributed by atoms with van der Waals surface area (Å²) in [4.78, 5) is 9.25. The molecule has 1 spiro atoms. The van der Waals surface area contributed by atoms with E-state index < -0.39 is 0 Å². The summed E-state index contributed by atoms with van der Waals surface area (Å²) in [5, 5.41) is 0. The first-order valence-corrected chi connectivity index (χ1v) is 9.40. The van der Waals surface area contributed by atoms with Gasteiger partial charge in [0.2, 0.25) is 0 Å². The van der Waals surface area contributed by atoms with Gasteiger partial charge in [0.1, 0.15) is 11.6 Å². The molecule has 0 unspecified atom stereocenters. The second kappa shape index (κ2) is 7.37. The number of piperidine rings is 1. The average Bonchev–Trinajstić information content (AvgIpc) is 2.91. The van der Waals surface area contributed by atoms with Crippen molar-refractivity contribution in [3.63, 3.8) is 0 Å². The number of halogens is 1. The number of imidazole rings is 1. The van der Waals surface area contributed by atoms with Crippen molar-refractivity contribution >= 4 is 5.69 Å². The molecule has 2 aromatic rings. The Morgan fingerprint density at radius 2 is 2.19 bits per heavy atom. The van der Waals surface area contributed by atoms with E-state index in [-0.39, 0.29) is 11.2 Å². The van der Waals surface area contributed by atoms with Crippen LogP contribution in [0.4, 0.5) is 10.1 Å². The van der Waals surface area contributed by atoms with Crippen LogP contribution in [-0.2, 0) is 18.3 Å². The van der Waals surface area contributed by atoms with Crippen LogP contribution in [-0.4, -0.2) is 53.8 Å². The Morgan fingerprint density at radius 3 is 3.00 bits per heavy atom. The lowest BCUT2D eigenvalue weighted by molar-refractivity contribution is 0.00969. The number of rotatable bonds is 3. The number of nitrogens with zero attached hydrogens (tertiary/aromatic N) is 4. The fraction of sp³-hybridized carbons (Fsp3) is 0.550. The zero-order valence-electron chi connectivity index (χ0n) is 15.4. The van der Waals surface area contributed by atoms with Gasteiger partial charge in [-0.25, -0.2) is 9.37 Å². The molecule has 2 saturated heterocycles. The fourth-order valence-corrected chi connectivity index (χ4v) is 4.33. The van der Waals surface area contributed by atoms with Crippen LogP contribution in [0.2, 0.25) is 0 Å². The Balaban J connectivity index is 1.51. The Bertz CT molecular complexity index is 749. The summed E-state index contributed by atoms with van der Waals surface area (Å²) in [6, 6.07) is 6.92. The van der Waals surface area contributed by atoms with Crippen LogP contribution in [0.3, 0.4) is 0 Å². The summed E-state index contributed by atoms with van der Waals surface area (Å²) in [6.45, 7) is 6.14. The molecule has 6 heteroatoms. The van der Waals surface area contributed by atoms with Crippen molar-refractivity contribution in [2.24, 2.45) is 12.5 Å². The Morgan fingerprint density at radius 1 is 1.27 bits per heavy atom. The minimum absolute atomic E-state index is 0.0895. The van der Waals surface area contributed by atoms with Crippen molar-refractivity contribution in [1.29, 1.82) is 0 Å². The van der Waals surface area contributed by atoms with E-state index in [1.807, 2.05) is 25.5 Å². The summed E-state index contributed by atoms with van der Waals surface area (Å²) in [5.74, 6) is 0.917. The van der Waals surface area contributed by atoms with E-state index in [1.54, 1.807) is 12.1 Å². The molecule has 0 amide bonds. The quantitative estimate of drug-likeness (QED) is 0.845. The molecule has 2 fully saturated rings. The molecule has 1 aromatic heterocycles. The smallest absolute Gasteiger partial charge is 0.125 e. The molecule has 0 N–H and O–H groups in total. The average molecular weight is 358 g/mol. The minimum atomic E-state index is -0.179. The summed E-state index contributed by atoms with van der Waals surface area (Å²) in [7, 11) is 2.04. The molecule has 1 aromatic carbocycles. The zero-order valence-corrected chi connectivity index (χ0v) is 15.4. The fourth-order valence-electron chi connectivity index (χ4n) is 4.33. The van der Waals surface area contributed by atoms with Gasteiger partial charge in [0.05, 0.1) is 19.8 Å². The van der Waals surface area contributed by atoms with Crippen molar-refractivity contribution in [2.75, 3.05) is 44.3 Å². The van der Waals surface area contributed by atoms with Gasteiger partial charge < -0.3 is 14.2 Å². The molecule has 5 nitrogen and oxygen atoms in total. The Hall–Kier alpha value is -1.92. The second-order valence-corrected chi connectivity index (χ2v) is 7.72.